The Bertz CT molecular complexity index is 913. The van der Waals surface area contributed by atoms with E-state index < -0.39 is 0 Å². The molecule has 0 saturated carbocycles. The first kappa shape index (κ1) is 16.6. The number of pyridine rings is 1. The van der Waals surface area contributed by atoms with Crippen LogP contribution in [0.1, 0.15) is 17.3 Å². The van der Waals surface area contributed by atoms with Gasteiger partial charge < -0.3 is 10.1 Å². The molecule has 0 aliphatic carbocycles. The highest BCUT2D eigenvalue weighted by molar-refractivity contribution is 6.37. The molecule has 1 N–H and O–H groups in total. The first-order valence-electron chi connectivity index (χ1n) is 7.37. The molecule has 2 aromatic carbocycles. The molecule has 0 radical (unpaired) electrons. The summed E-state index contributed by atoms with van der Waals surface area (Å²) < 4.78 is 5.59. The van der Waals surface area contributed by atoms with Gasteiger partial charge in [0.05, 0.1) is 22.9 Å². The number of halogens is 2. The summed E-state index contributed by atoms with van der Waals surface area (Å²) in [6.07, 6.45) is 1.69. The third-order valence-electron chi connectivity index (χ3n) is 3.46. The molecule has 0 spiro atoms. The summed E-state index contributed by atoms with van der Waals surface area (Å²) in [6, 6.07) is 12.0. The Hall–Kier alpha value is -2.30. The number of carbonyl (C=O) groups excluding carboxylic acids is 1. The molecule has 1 aromatic heterocycles. The van der Waals surface area contributed by atoms with E-state index >= 15 is 0 Å². The van der Waals surface area contributed by atoms with Crippen molar-refractivity contribution in [1.29, 1.82) is 0 Å². The van der Waals surface area contributed by atoms with Crippen LogP contribution in [0.5, 0.6) is 5.75 Å². The summed E-state index contributed by atoms with van der Waals surface area (Å²) in [4.78, 5) is 16.9. The third-order valence-corrected chi connectivity index (χ3v) is 4.00. The molecule has 1 amide bonds. The van der Waals surface area contributed by atoms with E-state index in [4.69, 9.17) is 27.9 Å². The van der Waals surface area contributed by atoms with Gasteiger partial charge in [0.15, 0.2) is 0 Å². The number of anilines is 1. The number of ether oxygens (including phenoxy) is 1. The van der Waals surface area contributed by atoms with Crippen LogP contribution in [-0.2, 0) is 0 Å². The standard InChI is InChI=1S/C18H14Cl2N2O2/c1-2-24-16-8-7-15(13-4-3-9-21-17(13)16)22-18(23)12-6-5-11(19)10-14(12)20/h3-10H,2H2,1H3,(H,22,23). The number of rotatable bonds is 4. The second-order valence-corrected chi connectivity index (χ2v) is 5.87. The number of benzene rings is 2. The van der Waals surface area contributed by atoms with Crippen molar-refractivity contribution in [3.05, 3.63) is 64.3 Å². The summed E-state index contributed by atoms with van der Waals surface area (Å²) in [5, 5.41) is 4.44. The zero-order valence-corrected chi connectivity index (χ0v) is 14.4. The van der Waals surface area contributed by atoms with Crippen LogP contribution in [0.3, 0.4) is 0 Å². The molecular formula is C18H14Cl2N2O2. The van der Waals surface area contributed by atoms with Crippen molar-refractivity contribution in [2.45, 2.75) is 6.92 Å². The number of carbonyl (C=O) groups is 1. The SMILES string of the molecule is CCOc1ccc(NC(=O)c2ccc(Cl)cc2Cl)c2cccnc12. The molecule has 0 unspecified atom stereocenters. The van der Waals surface area contributed by atoms with E-state index in [1.165, 1.54) is 6.07 Å². The lowest BCUT2D eigenvalue weighted by Crippen LogP contribution is -2.13. The molecule has 0 aliphatic rings. The smallest absolute Gasteiger partial charge is 0.257 e. The molecule has 0 fully saturated rings. The van der Waals surface area contributed by atoms with E-state index in [1.54, 1.807) is 30.5 Å². The lowest BCUT2D eigenvalue weighted by Gasteiger charge is -2.12. The van der Waals surface area contributed by atoms with Crippen molar-refractivity contribution in [3.63, 3.8) is 0 Å². The van der Waals surface area contributed by atoms with Gasteiger partial charge in [-0.15, -0.1) is 0 Å². The molecule has 3 rings (SSSR count). The average molecular weight is 361 g/mol. The summed E-state index contributed by atoms with van der Waals surface area (Å²) in [7, 11) is 0. The van der Waals surface area contributed by atoms with Crippen LogP contribution in [0.15, 0.2) is 48.7 Å². The maximum atomic E-state index is 12.5. The fourth-order valence-corrected chi connectivity index (χ4v) is 2.89. The van der Waals surface area contributed by atoms with Gasteiger partial charge in [-0.1, -0.05) is 23.2 Å². The van der Waals surface area contributed by atoms with Crippen LogP contribution in [0.25, 0.3) is 10.9 Å². The predicted octanol–water partition coefficient (Wildman–Crippen LogP) is 5.19. The number of nitrogens with one attached hydrogen (secondary N) is 1. The normalized spacial score (nSPS) is 10.6. The summed E-state index contributed by atoms with van der Waals surface area (Å²) in [5.41, 5.74) is 1.68. The van der Waals surface area contributed by atoms with Gasteiger partial charge in [-0.05, 0) is 49.4 Å². The second kappa shape index (κ2) is 7.07. The fourth-order valence-electron chi connectivity index (χ4n) is 2.39. The number of fused-ring (bicyclic) bond motifs is 1. The first-order valence-corrected chi connectivity index (χ1v) is 8.12. The van der Waals surface area contributed by atoms with E-state index in [-0.39, 0.29) is 5.91 Å². The van der Waals surface area contributed by atoms with E-state index in [9.17, 15) is 4.79 Å². The van der Waals surface area contributed by atoms with Crippen LogP contribution < -0.4 is 10.1 Å². The molecule has 4 nitrogen and oxygen atoms in total. The molecule has 24 heavy (non-hydrogen) atoms. The van der Waals surface area contributed by atoms with Gasteiger partial charge in [0.1, 0.15) is 11.3 Å². The van der Waals surface area contributed by atoms with Crippen molar-refractivity contribution in [1.82, 2.24) is 4.98 Å². The van der Waals surface area contributed by atoms with Crippen molar-refractivity contribution < 1.29 is 9.53 Å². The van der Waals surface area contributed by atoms with E-state index in [0.29, 0.717) is 39.2 Å². The molecule has 0 saturated heterocycles. The fraction of sp³-hybridized carbons (Fsp3) is 0.111. The monoisotopic (exact) mass is 360 g/mol. The van der Waals surface area contributed by atoms with E-state index in [2.05, 4.69) is 10.3 Å². The number of hydrogen-bond donors (Lipinski definition) is 1. The summed E-state index contributed by atoms with van der Waals surface area (Å²) in [6.45, 7) is 2.45. The minimum atomic E-state index is -0.314. The third kappa shape index (κ3) is 3.30. The van der Waals surface area contributed by atoms with Crippen molar-refractivity contribution >= 4 is 45.7 Å². The Kier molecular flexibility index (Phi) is 4.88. The summed E-state index contributed by atoms with van der Waals surface area (Å²) >= 11 is 12.0. The average Bonchev–Trinajstić information content (AvgIpc) is 2.57. The van der Waals surface area contributed by atoms with Crippen LogP contribution in [-0.4, -0.2) is 17.5 Å². The van der Waals surface area contributed by atoms with Crippen LogP contribution in [0, 0.1) is 0 Å². The molecule has 1 heterocycles. The predicted molar refractivity (Wildman–Crippen MR) is 97.3 cm³/mol. The van der Waals surface area contributed by atoms with Gasteiger partial charge in [-0.3, -0.25) is 9.78 Å². The maximum Gasteiger partial charge on any atom is 0.257 e. The van der Waals surface area contributed by atoms with Gasteiger partial charge in [0.2, 0.25) is 0 Å². The van der Waals surface area contributed by atoms with Gasteiger partial charge in [-0.25, -0.2) is 0 Å². The molecule has 122 valence electrons. The van der Waals surface area contributed by atoms with Gasteiger partial charge in [0, 0.05) is 16.6 Å². The highest BCUT2D eigenvalue weighted by Gasteiger charge is 2.14. The summed E-state index contributed by atoms with van der Waals surface area (Å²) in [5.74, 6) is 0.363. The van der Waals surface area contributed by atoms with Gasteiger partial charge in [-0.2, -0.15) is 0 Å². The minimum absolute atomic E-state index is 0.299. The van der Waals surface area contributed by atoms with Crippen molar-refractivity contribution in [2.75, 3.05) is 11.9 Å². The van der Waals surface area contributed by atoms with Crippen molar-refractivity contribution in [2.24, 2.45) is 0 Å². The number of aromatic nitrogens is 1. The topological polar surface area (TPSA) is 51.2 Å². The number of nitrogens with zero attached hydrogens (tertiary/aromatic N) is 1. The Balaban J connectivity index is 1.98. The van der Waals surface area contributed by atoms with E-state index in [0.717, 1.165) is 5.39 Å². The van der Waals surface area contributed by atoms with Gasteiger partial charge in [0.25, 0.3) is 5.91 Å². The first-order chi connectivity index (χ1) is 11.6. The Morgan fingerprint density at radius 2 is 2.04 bits per heavy atom. The zero-order valence-electron chi connectivity index (χ0n) is 12.8. The van der Waals surface area contributed by atoms with Crippen LogP contribution in [0.4, 0.5) is 5.69 Å². The second-order valence-electron chi connectivity index (χ2n) is 5.02. The molecular weight excluding hydrogens is 347 g/mol. The van der Waals surface area contributed by atoms with Crippen molar-refractivity contribution in [3.8, 4) is 5.75 Å². The molecule has 0 bridgehead atoms. The number of hydrogen-bond acceptors (Lipinski definition) is 3. The largest absolute Gasteiger partial charge is 0.492 e. The van der Waals surface area contributed by atoms with Crippen LogP contribution >= 0.6 is 23.2 Å². The highest BCUT2D eigenvalue weighted by atomic mass is 35.5. The maximum absolute atomic E-state index is 12.5. The lowest BCUT2D eigenvalue weighted by molar-refractivity contribution is 0.102. The Labute approximate surface area is 149 Å². The minimum Gasteiger partial charge on any atom is -0.492 e. The Morgan fingerprint density at radius 3 is 2.79 bits per heavy atom. The Morgan fingerprint density at radius 1 is 1.21 bits per heavy atom. The van der Waals surface area contributed by atoms with E-state index in [1.807, 2.05) is 19.1 Å². The van der Waals surface area contributed by atoms with Gasteiger partial charge >= 0.3 is 0 Å². The number of amides is 1. The quantitative estimate of drug-likeness (QED) is 0.696. The highest BCUT2D eigenvalue weighted by Crippen LogP contribution is 2.31. The molecule has 6 heteroatoms. The molecule has 0 aliphatic heterocycles. The zero-order chi connectivity index (χ0) is 17.1. The lowest BCUT2D eigenvalue weighted by atomic mass is 10.1. The van der Waals surface area contributed by atoms with Crippen LogP contribution in [0.2, 0.25) is 10.0 Å². The molecule has 3 aromatic rings. The molecule has 0 atom stereocenters.